The summed E-state index contributed by atoms with van der Waals surface area (Å²) in [6.07, 6.45) is -3.00. The van der Waals surface area contributed by atoms with Crippen LogP contribution >= 0.6 is 0 Å². The van der Waals surface area contributed by atoms with E-state index in [1.165, 1.54) is 6.07 Å². The third-order valence-electron chi connectivity index (χ3n) is 5.10. The normalized spacial score (nSPS) is 22.3. The van der Waals surface area contributed by atoms with Gasteiger partial charge in [0.05, 0.1) is 5.56 Å². The third kappa shape index (κ3) is 8.83. The summed E-state index contributed by atoms with van der Waals surface area (Å²) in [4.78, 5) is 50.9. The van der Waals surface area contributed by atoms with Crippen LogP contribution in [-0.4, -0.2) is 61.1 Å². The van der Waals surface area contributed by atoms with E-state index < -0.39 is 61.1 Å². The van der Waals surface area contributed by atoms with Crippen molar-refractivity contribution in [3.63, 3.8) is 0 Å². The van der Waals surface area contributed by atoms with Crippen LogP contribution in [-0.2, 0) is 38.1 Å². The van der Waals surface area contributed by atoms with Crippen molar-refractivity contribution in [3.8, 4) is 11.8 Å². The number of carbonyl (C=O) groups is 4. The number of azide groups is 1. The molecule has 0 saturated carbocycles. The zero-order valence-electron chi connectivity index (χ0n) is 21.0. The molecule has 0 bridgehead atoms. The molecule has 1 saturated heterocycles. The summed E-state index contributed by atoms with van der Waals surface area (Å²) in [5.41, 5.74) is 9.72. The van der Waals surface area contributed by atoms with E-state index in [0.29, 0.717) is 12.0 Å². The van der Waals surface area contributed by atoms with E-state index in [0.717, 1.165) is 33.6 Å². The summed E-state index contributed by atoms with van der Waals surface area (Å²) in [5.74, 6) is 2.91. The van der Waals surface area contributed by atoms with Gasteiger partial charge in [-0.25, -0.2) is 4.79 Å². The first-order chi connectivity index (χ1) is 17.7. The van der Waals surface area contributed by atoms with E-state index in [4.69, 9.17) is 29.2 Å². The van der Waals surface area contributed by atoms with E-state index >= 15 is 0 Å². The first-order valence-electron chi connectivity index (χ1n) is 11.6. The Kier molecular flexibility index (Phi) is 11.4. The van der Waals surface area contributed by atoms with Crippen LogP contribution in [0.3, 0.4) is 0 Å². The summed E-state index contributed by atoms with van der Waals surface area (Å²) in [6.45, 7) is 4.98. The maximum absolute atomic E-state index is 13.2. The Morgan fingerprint density at radius 3 is 2.32 bits per heavy atom. The van der Waals surface area contributed by atoms with Crippen LogP contribution in [0.4, 0.5) is 0 Å². The Balaban J connectivity index is 2.43. The Morgan fingerprint density at radius 2 is 1.70 bits per heavy atom. The SMILES string of the molecule is CCCCC#Cc1ccccc1C(=O)OC1O[C@H](COC(C)=O)[C@@H](OC(C)=O)[C@H](OC(C)=O)[C@H]1N=[N+]=[N-]. The topological polar surface area (TPSA) is 163 Å². The molecule has 0 spiro atoms. The van der Waals surface area contributed by atoms with Crippen LogP contribution in [0.15, 0.2) is 29.4 Å². The number of esters is 4. The van der Waals surface area contributed by atoms with Gasteiger partial charge < -0.3 is 23.7 Å². The fraction of sp³-hybridized carbons (Fsp3) is 0.520. The van der Waals surface area contributed by atoms with Crippen molar-refractivity contribution >= 4 is 23.9 Å². The average Bonchev–Trinajstić information content (AvgIpc) is 2.84. The van der Waals surface area contributed by atoms with Gasteiger partial charge in [0.25, 0.3) is 0 Å². The van der Waals surface area contributed by atoms with E-state index in [9.17, 15) is 19.2 Å². The van der Waals surface area contributed by atoms with Crippen molar-refractivity contribution in [2.45, 2.75) is 77.6 Å². The standard InChI is InChI=1S/C25H29N3O9/c1-5-6-7-8-11-18-12-9-10-13-19(18)24(32)37-25-21(27-28-26)23(35-17(4)31)22(34-16(3)30)20(36-25)14-33-15(2)29/h9-10,12-13,20-23,25H,5-7,14H2,1-4H3/t20-,21-,22-,23-,25?/m1/s1. The maximum Gasteiger partial charge on any atom is 0.341 e. The molecular weight excluding hydrogens is 486 g/mol. The van der Waals surface area contributed by atoms with Crippen LogP contribution < -0.4 is 0 Å². The van der Waals surface area contributed by atoms with E-state index in [2.05, 4.69) is 21.9 Å². The molecule has 0 aromatic heterocycles. The monoisotopic (exact) mass is 515 g/mol. The van der Waals surface area contributed by atoms with Gasteiger partial charge in [-0.1, -0.05) is 42.4 Å². The van der Waals surface area contributed by atoms with Crippen molar-refractivity contribution in [2.75, 3.05) is 6.61 Å². The first kappa shape index (κ1) is 29.2. The fourth-order valence-corrected chi connectivity index (χ4v) is 3.53. The molecule has 37 heavy (non-hydrogen) atoms. The van der Waals surface area contributed by atoms with E-state index in [1.54, 1.807) is 18.2 Å². The van der Waals surface area contributed by atoms with E-state index in [-0.39, 0.29) is 5.56 Å². The van der Waals surface area contributed by atoms with Gasteiger partial charge in [-0.2, -0.15) is 0 Å². The molecule has 0 amide bonds. The molecule has 1 unspecified atom stereocenters. The van der Waals surface area contributed by atoms with Gasteiger partial charge in [-0.05, 0) is 24.1 Å². The van der Waals surface area contributed by atoms with Gasteiger partial charge in [0, 0.05) is 37.7 Å². The molecule has 1 fully saturated rings. The molecule has 1 aromatic rings. The Bertz CT molecular complexity index is 1100. The van der Waals surface area contributed by atoms with Crippen LogP contribution in [0.5, 0.6) is 0 Å². The summed E-state index contributed by atoms with van der Waals surface area (Å²) in [7, 11) is 0. The second kappa shape index (κ2) is 14.5. The number of carbonyl (C=O) groups excluding carboxylic acids is 4. The molecule has 12 heteroatoms. The molecule has 2 rings (SSSR count). The number of unbranched alkanes of at least 4 members (excludes halogenated alkanes) is 2. The maximum atomic E-state index is 13.2. The van der Waals surface area contributed by atoms with Crippen LogP contribution in [0.25, 0.3) is 10.4 Å². The minimum absolute atomic E-state index is 0.137. The Labute approximate surface area is 214 Å². The van der Waals surface area contributed by atoms with E-state index in [1.807, 2.05) is 6.92 Å². The summed E-state index contributed by atoms with van der Waals surface area (Å²) >= 11 is 0. The molecule has 1 heterocycles. The van der Waals surface area contributed by atoms with Crippen LogP contribution in [0.2, 0.25) is 0 Å². The van der Waals surface area contributed by atoms with Gasteiger partial charge in [-0.3, -0.25) is 14.4 Å². The molecule has 1 aromatic carbocycles. The molecule has 0 radical (unpaired) electrons. The predicted molar refractivity (Wildman–Crippen MR) is 128 cm³/mol. The smallest absolute Gasteiger partial charge is 0.341 e. The molecule has 1 aliphatic rings. The highest BCUT2D eigenvalue weighted by molar-refractivity contribution is 5.92. The Hall–Kier alpha value is -4.07. The number of nitrogens with zero attached hydrogens (tertiary/aromatic N) is 3. The highest BCUT2D eigenvalue weighted by atomic mass is 16.7. The highest BCUT2D eigenvalue weighted by Crippen LogP contribution is 2.30. The molecular formula is C25H29N3O9. The number of benzene rings is 1. The summed E-state index contributed by atoms with van der Waals surface area (Å²) in [5, 5.41) is 3.60. The van der Waals surface area contributed by atoms with Crippen LogP contribution in [0, 0.1) is 11.8 Å². The molecule has 1 aliphatic heterocycles. The van der Waals surface area contributed by atoms with Crippen molar-refractivity contribution < 1.29 is 42.9 Å². The van der Waals surface area contributed by atoms with Gasteiger partial charge in [-0.15, -0.1) is 0 Å². The minimum atomic E-state index is -1.58. The molecule has 5 atom stereocenters. The minimum Gasteiger partial charge on any atom is -0.463 e. The zero-order chi connectivity index (χ0) is 27.4. The lowest BCUT2D eigenvalue weighted by molar-refractivity contribution is -0.259. The lowest BCUT2D eigenvalue weighted by Crippen LogP contribution is -2.61. The van der Waals surface area contributed by atoms with Gasteiger partial charge in [0.1, 0.15) is 18.8 Å². The van der Waals surface area contributed by atoms with Gasteiger partial charge in [0.15, 0.2) is 12.2 Å². The molecule has 0 N–H and O–H groups in total. The van der Waals surface area contributed by atoms with Crippen molar-refractivity contribution in [1.29, 1.82) is 0 Å². The number of hydrogen-bond donors (Lipinski definition) is 0. The lowest BCUT2D eigenvalue weighted by atomic mass is 9.96. The summed E-state index contributed by atoms with van der Waals surface area (Å²) < 4.78 is 26.9. The molecule has 198 valence electrons. The summed E-state index contributed by atoms with van der Waals surface area (Å²) in [6, 6.07) is 5.08. The van der Waals surface area contributed by atoms with Crippen molar-refractivity contribution in [2.24, 2.45) is 5.11 Å². The quantitative estimate of drug-likeness (QED) is 0.0913. The van der Waals surface area contributed by atoms with Gasteiger partial charge >= 0.3 is 23.9 Å². The number of rotatable bonds is 9. The van der Waals surface area contributed by atoms with Gasteiger partial charge in [0.2, 0.25) is 6.29 Å². The largest absolute Gasteiger partial charge is 0.463 e. The fourth-order valence-electron chi connectivity index (χ4n) is 3.53. The lowest BCUT2D eigenvalue weighted by Gasteiger charge is -2.42. The second-order valence-corrected chi connectivity index (χ2v) is 8.05. The zero-order valence-corrected chi connectivity index (χ0v) is 21.0. The second-order valence-electron chi connectivity index (χ2n) is 8.05. The molecule has 0 aliphatic carbocycles. The number of hydrogen-bond acceptors (Lipinski definition) is 10. The highest BCUT2D eigenvalue weighted by Gasteiger charge is 2.51. The number of ether oxygens (including phenoxy) is 5. The van der Waals surface area contributed by atoms with Crippen molar-refractivity contribution in [1.82, 2.24) is 0 Å². The van der Waals surface area contributed by atoms with Crippen molar-refractivity contribution in [3.05, 3.63) is 45.8 Å². The third-order valence-corrected chi connectivity index (χ3v) is 5.10. The molecule has 12 nitrogen and oxygen atoms in total. The average molecular weight is 516 g/mol. The Morgan fingerprint density at radius 1 is 1.03 bits per heavy atom. The predicted octanol–water partition coefficient (Wildman–Crippen LogP) is 3.22. The van der Waals surface area contributed by atoms with Crippen LogP contribution in [0.1, 0.15) is 62.9 Å². The first-order valence-corrected chi connectivity index (χ1v) is 11.6.